The Labute approximate surface area is 151 Å². The number of likely N-dealkylation sites (tertiary alicyclic amines) is 1. The summed E-state index contributed by atoms with van der Waals surface area (Å²) < 4.78 is 5.28. The number of nitrogens with one attached hydrogen (secondary N) is 1. The normalized spacial score (nSPS) is 28.2. The largest absolute Gasteiger partial charge is 0.391 e. The van der Waals surface area contributed by atoms with Crippen LogP contribution in [0.3, 0.4) is 0 Å². The molecule has 2 heterocycles. The third-order valence-corrected chi connectivity index (χ3v) is 5.65. The minimum absolute atomic E-state index is 0.0315. The highest BCUT2D eigenvalue weighted by Gasteiger charge is 2.43. The number of hydrogen-bond donors (Lipinski definition) is 2. The van der Waals surface area contributed by atoms with E-state index in [4.69, 9.17) is 4.52 Å². The number of fused-ring (bicyclic) bond motifs is 2. The number of para-hydroxylation sites is 1. The van der Waals surface area contributed by atoms with Crippen molar-refractivity contribution >= 4 is 22.8 Å². The summed E-state index contributed by atoms with van der Waals surface area (Å²) in [4.78, 5) is 25.9. The molecule has 138 valence electrons. The lowest BCUT2D eigenvalue weighted by Gasteiger charge is -2.35. The highest BCUT2D eigenvalue weighted by atomic mass is 16.5. The average molecular weight is 357 g/mol. The summed E-state index contributed by atoms with van der Waals surface area (Å²) >= 11 is 0. The van der Waals surface area contributed by atoms with Crippen LogP contribution in [0.1, 0.15) is 25.5 Å². The number of rotatable bonds is 3. The second kappa shape index (κ2) is 6.72. The van der Waals surface area contributed by atoms with Gasteiger partial charge in [0.05, 0.1) is 18.6 Å². The van der Waals surface area contributed by atoms with Crippen molar-refractivity contribution in [2.45, 2.75) is 38.3 Å². The van der Waals surface area contributed by atoms with E-state index in [0.29, 0.717) is 43.1 Å². The zero-order valence-electron chi connectivity index (χ0n) is 14.7. The Hall–Kier alpha value is -2.41. The van der Waals surface area contributed by atoms with Crippen LogP contribution in [0.5, 0.6) is 0 Å². The molecule has 2 N–H and O–H groups in total. The van der Waals surface area contributed by atoms with Crippen molar-refractivity contribution in [1.82, 2.24) is 15.4 Å². The fraction of sp³-hybridized carbons (Fsp3) is 0.526. The van der Waals surface area contributed by atoms with Gasteiger partial charge in [-0.25, -0.2) is 0 Å². The molecule has 1 saturated carbocycles. The van der Waals surface area contributed by atoms with Crippen LogP contribution in [0.15, 0.2) is 28.8 Å². The van der Waals surface area contributed by atoms with Crippen LogP contribution in [0.4, 0.5) is 0 Å². The van der Waals surface area contributed by atoms with E-state index < -0.39 is 6.10 Å². The summed E-state index contributed by atoms with van der Waals surface area (Å²) in [6.07, 6.45) is 0.998. The molecule has 0 unspecified atom stereocenters. The summed E-state index contributed by atoms with van der Waals surface area (Å²) in [6.45, 7) is 2.79. The van der Waals surface area contributed by atoms with Crippen LogP contribution < -0.4 is 5.32 Å². The molecule has 0 spiro atoms. The standard InChI is InChI=1S/C19H23N3O4/c1-11(23)20-16-6-12-9-22(10-13(12)7-17(16)24)19(25)8-15-14-4-2-3-5-18(14)26-21-15/h2-5,12-13,16-17,24H,6-10H2,1H3,(H,20,23)/t12-,13+,16-,17-/m1/s1. The zero-order chi connectivity index (χ0) is 18.3. The van der Waals surface area contributed by atoms with Gasteiger partial charge in [-0.2, -0.15) is 0 Å². The van der Waals surface area contributed by atoms with Crippen molar-refractivity contribution in [2.24, 2.45) is 11.8 Å². The molecule has 7 heteroatoms. The monoisotopic (exact) mass is 357 g/mol. The summed E-state index contributed by atoms with van der Waals surface area (Å²) in [6, 6.07) is 7.31. The Bertz CT molecular complexity index is 833. The van der Waals surface area contributed by atoms with Crippen LogP contribution in [0, 0.1) is 11.8 Å². The molecular formula is C19H23N3O4. The highest BCUT2D eigenvalue weighted by Crippen LogP contribution is 2.37. The predicted molar refractivity (Wildman–Crippen MR) is 94.1 cm³/mol. The number of aliphatic hydroxyl groups is 1. The number of aromatic nitrogens is 1. The second-order valence-electron chi connectivity index (χ2n) is 7.47. The maximum Gasteiger partial charge on any atom is 0.228 e. The summed E-state index contributed by atoms with van der Waals surface area (Å²) in [5, 5.41) is 18.0. The first-order chi connectivity index (χ1) is 12.5. The molecule has 4 rings (SSSR count). The van der Waals surface area contributed by atoms with E-state index in [-0.39, 0.29) is 30.2 Å². The van der Waals surface area contributed by atoms with E-state index >= 15 is 0 Å². The number of hydrogen-bond acceptors (Lipinski definition) is 5. The Morgan fingerprint density at radius 3 is 2.77 bits per heavy atom. The molecule has 0 radical (unpaired) electrons. The van der Waals surface area contributed by atoms with E-state index in [1.165, 1.54) is 6.92 Å². The summed E-state index contributed by atoms with van der Waals surface area (Å²) in [5.74, 6) is 0.502. The van der Waals surface area contributed by atoms with Crippen LogP contribution in [-0.4, -0.2) is 52.2 Å². The molecule has 26 heavy (non-hydrogen) atoms. The van der Waals surface area contributed by atoms with Gasteiger partial charge in [-0.05, 0) is 36.8 Å². The van der Waals surface area contributed by atoms with Gasteiger partial charge < -0.3 is 19.8 Å². The van der Waals surface area contributed by atoms with E-state index in [9.17, 15) is 14.7 Å². The first kappa shape index (κ1) is 17.0. The van der Waals surface area contributed by atoms with Crippen LogP contribution in [0.25, 0.3) is 11.0 Å². The number of benzene rings is 1. The summed E-state index contributed by atoms with van der Waals surface area (Å²) in [5.41, 5.74) is 1.35. The van der Waals surface area contributed by atoms with Gasteiger partial charge in [0.1, 0.15) is 5.69 Å². The molecule has 2 aliphatic rings. The van der Waals surface area contributed by atoms with E-state index in [0.717, 1.165) is 5.39 Å². The van der Waals surface area contributed by atoms with Gasteiger partial charge in [0.2, 0.25) is 11.8 Å². The van der Waals surface area contributed by atoms with Gasteiger partial charge in [-0.1, -0.05) is 17.3 Å². The molecule has 1 aromatic heterocycles. The molecule has 0 bridgehead atoms. The Morgan fingerprint density at radius 2 is 2.00 bits per heavy atom. The topological polar surface area (TPSA) is 95.7 Å². The number of nitrogens with zero attached hydrogens (tertiary/aromatic N) is 2. The molecule has 7 nitrogen and oxygen atoms in total. The third kappa shape index (κ3) is 3.19. The number of carbonyl (C=O) groups is 2. The molecular weight excluding hydrogens is 334 g/mol. The highest BCUT2D eigenvalue weighted by molar-refractivity contribution is 5.86. The number of carbonyl (C=O) groups excluding carboxylic acids is 2. The Kier molecular flexibility index (Phi) is 4.40. The van der Waals surface area contributed by atoms with Gasteiger partial charge in [-0.3, -0.25) is 9.59 Å². The number of aliphatic hydroxyl groups excluding tert-OH is 1. The number of amides is 2. The third-order valence-electron chi connectivity index (χ3n) is 5.65. The quantitative estimate of drug-likeness (QED) is 0.858. The lowest BCUT2D eigenvalue weighted by Crippen LogP contribution is -2.48. The van der Waals surface area contributed by atoms with Gasteiger partial charge in [0.25, 0.3) is 0 Å². The molecule has 4 atom stereocenters. The first-order valence-corrected chi connectivity index (χ1v) is 9.07. The smallest absolute Gasteiger partial charge is 0.228 e. The molecule has 2 amide bonds. The minimum Gasteiger partial charge on any atom is -0.391 e. The lowest BCUT2D eigenvalue weighted by atomic mass is 9.77. The average Bonchev–Trinajstić information content (AvgIpc) is 3.19. The Balaban J connectivity index is 1.42. The van der Waals surface area contributed by atoms with Gasteiger partial charge in [-0.15, -0.1) is 0 Å². The minimum atomic E-state index is -0.547. The molecule has 1 aromatic carbocycles. The van der Waals surface area contributed by atoms with Crippen molar-refractivity contribution in [3.63, 3.8) is 0 Å². The first-order valence-electron chi connectivity index (χ1n) is 9.07. The maximum absolute atomic E-state index is 12.8. The fourth-order valence-corrected chi connectivity index (χ4v) is 4.37. The van der Waals surface area contributed by atoms with Crippen LogP contribution >= 0.6 is 0 Å². The molecule has 2 fully saturated rings. The van der Waals surface area contributed by atoms with Gasteiger partial charge in [0, 0.05) is 25.4 Å². The van der Waals surface area contributed by atoms with Gasteiger partial charge in [0.15, 0.2) is 5.58 Å². The predicted octanol–water partition coefficient (Wildman–Crippen LogP) is 1.10. The lowest BCUT2D eigenvalue weighted by molar-refractivity contribution is -0.129. The van der Waals surface area contributed by atoms with Crippen molar-refractivity contribution < 1.29 is 19.2 Å². The van der Waals surface area contributed by atoms with Crippen molar-refractivity contribution in [1.29, 1.82) is 0 Å². The van der Waals surface area contributed by atoms with Crippen LogP contribution in [-0.2, 0) is 16.0 Å². The maximum atomic E-state index is 12.8. The summed E-state index contributed by atoms with van der Waals surface area (Å²) in [7, 11) is 0. The van der Waals surface area contributed by atoms with Crippen molar-refractivity contribution in [2.75, 3.05) is 13.1 Å². The second-order valence-corrected chi connectivity index (χ2v) is 7.47. The Morgan fingerprint density at radius 1 is 1.27 bits per heavy atom. The van der Waals surface area contributed by atoms with Crippen LogP contribution in [0.2, 0.25) is 0 Å². The van der Waals surface area contributed by atoms with Crippen molar-refractivity contribution in [3.05, 3.63) is 30.0 Å². The van der Waals surface area contributed by atoms with E-state index in [1.54, 1.807) is 0 Å². The molecule has 1 aliphatic heterocycles. The fourth-order valence-electron chi connectivity index (χ4n) is 4.37. The zero-order valence-corrected chi connectivity index (χ0v) is 14.7. The van der Waals surface area contributed by atoms with E-state index in [2.05, 4.69) is 10.5 Å². The van der Waals surface area contributed by atoms with Gasteiger partial charge >= 0.3 is 0 Å². The molecule has 1 saturated heterocycles. The van der Waals surface area contributed by atoms with Crippen molar-refractivity contribution in [3.8, 4) is 0 Å². The molecule has 1 aliphatic carbocycles. The van der Waals surface area contributed by atoms with E-state index in [1.807, 2.05) is 29.2 Å². The SMILES string of the molecule is CC(=O)N[C@@H]1C[C@@H]2CN(C(=O)Cc3noc4ccccc34)C[C@@H]2C[C@H]1O. The molecule has 2 aromatic rings.